The first-order valence-electron chi connectivity index (χ1n) is 9.81. The van der Waals surface area contributed by atoms with Crippen LogP contribution >= 0.6 is 0 Å². The van der Waals surface area contributed by atoms with E-state index < -0.39 is 11.6 Å². The fourth-order valence-corrected chi connectivity index (χ4v) is 3.24. The maximum Gasteiger partial charge on any atom is 0.254 e. The van der Waals surface area contributed by atoms with Gasteiger partial charge in [0, 0.05) is 51.0 Å². The molecule has 1 saturated heterocycles. The molecule has 2 heterocycles. The van der Waals surface area contributed by atoms with E-state index in [2.05, 4.69) is 10.1 Å². The molecule has 2 aromatic rings. The number of piperazine rings is 1. The average Bonchev–Trinajstić information content (AvgIpc) is 3.17. The van der Waals surface area contributed by atoms with Crippen molar-refractivity contribution in [3.05, 3.63) is 47.1 Å². The van der Waals surface area contributed by atoms with Crippen LogP contribution in [0.3, 0.4) is 0 Å². The lowest BCUT2D eigenvalue weighted by Crippen LogP contribution is -2.50. The highest BCUT2D eigenvalue weighted by atomic mass is 19.2. The predicted molar refractivity (Wildman–Crippen MR) is 100 cm³/mol. The van der Waals surface area contributed by atoms with Crippen LogP contribution in [0.5, 0.6) is 0 Å². The normalized spacial score (nSPS) is 14.3. The molecule has 1 aliphatic heterocycles. The van der Waals surface area contributed by atoms with Gasteiger partial charge < -0.3 is 14.3 Å². The summed E-state index contributed by atoms with van der Waals surface area (Å²) in [5.74, 6) is -1.15. The van der Waals surface area contributed by atoms with Crippen molar-refractivity contribution < 1.29 is 22.9 Å². The molecule has 0 saturated carbocycles. The zero-order valence-electron chi connectivity index (χ0n) is 16.4. The van der Waals surface area contributed by atoms with Gasteiger partial charge in [0.15, 0.2) is 17.5 Å². The van der Waals surface area contributed by atoms with Gasteiger partial charge in [0.05, 0.1) is 0 Å². The Hall–Kier alpha value is -2.84. The average molecular weight is 406 g/mol. The van der Waals surface area contributed by atoms with Crippen LogP contribution in [0.1, 0.15) is 48.3 Å². The van der Waals surface area contributed by atoms with Crippen molar-refractivity contribution in [3.63, 3.8) is 0 Å². The summed E-state index contributed by atoms with van der Waals surface area (Å²) >= 11 is 0. The minimum Gasteiger partial charge on any atom is -0.339 e. The summed E-state index contributed by atoms with van der Waals surface area (Å²) in [6.45, 7) is 3.58. The predicted octanol–water partition coefficient (Wildman–Crippen LogP) is 2.61. The Kier molecular flexibility index (Phi) is 6.90. The zero-order chi connectivity index (χ0) is 20.8. The van der Waals surface area contributed by atoms with Crippen LogP contribution in [-0.4, -0.2) is 57.9 Å². The van der Waals surface area contributed by atoms with Gasteiger partial charge in [-0.2, -0.15) is 4.98 Å². The Balaban J connectivity index is 1.42. The first-order chi connectivity index (χ1) is 14.0. The van der Waals surface area contributed by atoms with Gasteiger partial charge in [-0.25, -0.2) is 8.78 Å². The molecule has 1 fully saturated rings. The van der Waals surface area contributed by atoms with E-state index in [-0.39, 0.29) is 17.4 Å². The molecule has 1 aromatic carbocycles. The molecule has 7 nitrogen and oxygen atoms in total. The van der Waals surface area contributed by atoms with Gasteiger partial charge in [0.1, 0.15) is 0 Å². The van der Waals surface area contributed by atoms with E-state index in [9.17, 15) is 18.4 Å². The molecule has 29 heavy (non-hydrogen) atoms. The summed E-state index contributed by atoms with van der Waals surface area (Å²) in [6, 6.07) is 3.11. The lowest BCUT2D eigenvalue weighted by Gasteiger charge is -2.35. The molecule has 1 aliphatic rings. The Morgan fingerprint density at radius 3 is 2.48 bits per heavy atom. The lowest BCUT2D eigenvalue weighted by molar-refractivity contribution is -0.132. The van der Waals surface area contributed by atoms with Crippen LogP contribution in [0.25, 0.3) is 0 Å². The highest BCUT2D eigenvalue weighted by molar-refractivity contribution is 5.94. The molecule has 3 rings (SSSR count). The third-order valence-electron chi connectivity index (χ3n) is 4.85. The van der Waals surface area contributed by atoms with Gasteiger partial charge in [-0.3, -0.25) is 9.59 Å². The largest absolute Gasteiger partial charge is 0.339 e. The Morgan fingerprint density at radius 2 is 1.79 bits per heavy atom. The number of hydrogen-bond acceptors (Lipinski definition) is 5. The Labute approximate surface area is 167 Å². The van der Waals surface area contributed by atoms with Crippen LogP contribution in [0.15, 0.2) is 22.7 Å². The SMILES string of the molecule is CCCc1noc(CCCC(=O)N2CCN(C(=O)c3ccc(F)c(F)c3)CC2)n1. The molecule has 0 aliphatic carbocycles. The third kappa shape index (κ3) is 5.36. The van der Waals surface area contributed by atoms with Crippen molar-refractivity contribution in [2.45, 2.75) is 39.0 Å². The number of amides is 2. The summed E-state index contributed by atoms with van der Waals surface area (Å²) in [7, 11) is 0. The van der Waals surface area contributed by atoms with Crippen molar-refractivity contribution in [1.82, 2.24) is 19.9 Å². The molecule has 2 amide bonds. The van der Waals surface area contributed by atoms with Crippen LogP contribution in [0, 0.1) is 11.6 Å². The number of carbonyl (C=O) groups is 2. The molecular weight excluding hydrogens is 382 g/mol. The number of nitrogens with zero attached hydrogens (tertiary/aromatic N) is 4. The fourth-order valence-electron chi connectivity index (χ4n) is 3.24. The molecule has 0 unspecified atom stereocenters. The van der Waals surface area contributed by atoms with Gasteiger partial charge in [-0.05, 0) is 31.0 Å². The second-order valence-corrected chi connectivity index (χ2v) is 7.01. The molecule has 0 spiro atoms. The standard InChI is InChI=1S/C20H24F2N4O3/c1-2-4-17-23-18(29-24-17)5-3-6-19(27)25-9-11-26(12-10-25)20(28)14-7-8-15(21)16(22)13-14/h7-8,13H,2-6,9-12H2,1H3. The first kappa shape index (κ1) is 20.9. The van der Waals surface area contributed by atoms with E-state index in [0.717, 1.165) is 25.0 Å². The third-order valence-corrected chi connectivity index (χ3v) is 4.85. The van der Waals surface area contributed by atoms with Gasteiger partial charge in [-0.1, -0.05) is 12.1 Å². The summed E-state index contributed by atoms with van der Waals surface area (Å²) in [6.07, 6.45) is 3.25. The molecule has 0 atom stereocenters. The van der Waals surface area contributed by atoms with Crippen LogP contribution in [0.4, 0.5) is 8.78 Å². The zero-order valence-corrected chi connectivity index (χ0v) is 16.4. The van der Waals surface area contributed by atoms with Crippen LogP contribution in [-0.2, 0) is 17.6 Å². The van der Waals surface area contributed by atoms with Crippen LogP contribution in [0.2, 0.25) is 0 Å². The van der Waals surface area contributed by atoms with Gasteiger partial charge >= 0.3 is 0 Å². The minimum atomic E-state index is -1.05. The number of halogens is 2. The van der Waals surface area contributed by atoms with Crippen molar-refractivity contribution >= 4 is 11.8 Å². The van der Waals surface area contributed by atoms with Gasteiger partial charge in [-0.15, -0.1) is 0 Å². The quantitative estimate of drug-likeness (QED) is 0.706. The second-order valence-electron chi connectivity index (χ2n) is 7.01. The molecule has 0 bridgehead atoms. The van der Waals surface area contributed by atoms with Crippen molar-refractivity contribution in [2.75, 3.05) is 26.2 Å². The molecular formula is C20H24F2N4O3. The molecule has 0 N–H and O–H groups in total. The van der Waals surface area contributed by atoms with Crippen molar-refractivity contribution in [1.29, 1.82) is 0 Å². The summed E-state index contributed by atoms with van der Waals surface area (Å²) < 4.78 is 31.5. The highest BCUT2D eigenvalue weighted by Gasteiger charge is 2.25. The molecule has 0 radical (unpaired) electrons. The number of rotatable bonds is 7. The minimum absolute atomic E-state index is 0.0122. The fraction of sp³-hybridized carbons (Fsp3) is 0.500. The Bertz CT molecular complexity index is 863. The van der Waals surface area contributed by atoms with Crippen molar-refractivity contribution in [2.24, 2.45) is 0 Å². The van der Waals surface area contributed by atoms with Gasteiger partial charge in [0.2, 0.25) is 11.8 Å². The van der Waals surface area contributed by atoms with Gasteiger partial charge in [0.25, 0.3) is 5.91 Å². The topological polar surface area (TPSA) is 79.5 Å². The highest BCUT2D eigenvalue weighted by Crippen LogP contribution is 2.14. The smallest absolute Gasteiger partial charge is 0.254 e. The summed E-state index contributed by atoms with van der Waals surface area (Å²) in [5, 5.41) is 3.89. The number of benzene rings is 1. The summed E-state index contributed by atoms with van der Waals surface area (Å²) in [4.78, 5) is 32.4. The lowest BCUT2D eigenvalue weighted by atomic mass is 10.1. The molecule has 156 valence electrons. The van der Waals surface area contributed by atoms with E-state index >= 15 is 0 Å². The van der Waals surface area contributed by atoms with E-state index in [1.54, 1.807) is 9.80 Å². The number of aryl methyl sites for hydroxylation is 2. The first-order valence-corrected chi connectivity index (χ1v) is 9.81. The van der Waals surface area contributed by atoms with E-state index in [1.807, 2.05) is 6.92 Å². The van der Waals surface area contributed by atoms with E-state index in [1.165, 1.54) is 6.07 Å². The second kappa shape index (κ2) is 9.58. The maximum absolute atomic E-state index is 13.3. The van der Waals surface area contributed by atoms with E-state index in [4.69, 9.17) is 4.52 Å². The number of carbonyl (C=O) groups excluding carboxylic acids is 2. The Morgan fingerprint density at radius 1 is 1.07 bits per heavy atom. The maximum atomic E-state index is 13.3. The van der Waals surface area contributed by atoms with Crippen molar-refractivity contribution in [3.8, 4) is 0 Å². The number of hydrogen-bond donors (Lipinski definition) is 0. The number of aromatic nitrogens is 2. The van der Waals surface area contributed by atoms with Crippen LogP contribution < -0.4 is 0 Å². The summed E-state index contributed by atoms with van der Waals surface area (Å²) in [5.41, 5.74) is 0.102. The molecule has 1 aromatic heterocycles. The molecule has 9 heteroatoms. The van der Waals surface area contributed by atoms with E-state index in [0.29, 0.717) is 57.2 Å². The monoisotopic (exact) mass is 406 g/mol.